The van der Waals surface area contributed by atoms with Crippen molar-refractivity contribution in [2.45, 2.75) is 0 Å². The molecule has 3 rings (SSSR count). The van der Waals surface area contributed by atoms with Crippen LogP contribution < -0.4 is 10.2 Å². The van der Waals surface area contributed by atoms with E-state index >= 15 is 0 Å². The van der Waals surface area contributed by atoms with Crippen molar-refractivity contribution < 1.29 is 9.53 Å². The number of hydrogen-bond donors (Lipinski definition) is 1. The minimum atomic E-state index is -0.313. The average molecular weight is 383 g/mol. The number of rotatable bonds is 5. The number of carbonyl (C=O) groups excluding carboxylic acids is 1. The molecule has 1 amide bonds. The van der Waals surface area contributed by atoms with Gasteiger partial charge in [-0.25, -0.2) is 5.43 Å². The van der Waals surface area contributed by atoms with Crippen molar-refractivity contribution in [1.29, 1.82) is 0 Å². The third kappa shape index (κ3) is 4.43. The molecular formula is C19H15BrN2O2. The molecular weight excluding hydrogens is 368 g/mol. The van der Waals surface area contributed by atoms with Crippen molar-refractivity contribution in [2.24, 2.45) is 5.10 Å². The highest BCUT2D eigenvalue weighted by Crippen LogP contribution is 2.17. The molecule has 0 saturated heterocycles. The highest BCUT2D eigenvalue weighted by Gasteiger charge is 2.01. The summed E-state index contributed by atoms with van der Waals surface area (Å²) in [5.41, 5.74) is 3.38. The molecule has 0 aliphatic rings. The minimum absolute atomic E-state index is 0.0918. The zero-order valence-corrected chi connectivity index (χ0v) is 14.4. The van der Waals surface area contributed by atoms with Crippen LogP contribution in [0.3, 0.4) is 0 Å². The molecule has 120 valence electrons. The Morgan fingerprint density at radius 3 is 2.71 bits per heavy atom. The van der Waals surface area contributed by atoms with E-state index in [1.165, 1.54) is 5.39 Å². The van der Waals surface area contributed by atoms with Crippen molar-refractivity contribution in [3.8, 4) is 5.75 Å². The van der Waals surface area contributed by atoms with E-state index in [0.717, 1.165) is 15.4 Å². The molecule has 3 aromatic carbocycles. The lowest BCUT2D eigenvalue weighted by Crippen LogP contribution is -2.24. The van der Waals surface area contributed by atoms with Crippen LogP contribution in [0.4, 0.5) is 0 Å². The monoisotopic (exact) mass is 382 g/mol. The van der Waals surface area contributed by atoms with Gasteiger partial charge in [0.25, 0.3) is 5.91 Å². The number of hydrogen-bond acceptors (Lipinski definition) is 3. The Hall–Kier alpha value is -2.66. The van der Waals surface area contributed by atoms with Crippen molar-refractivity contribution in [3.63, 3.8) is 0 Å². The maximum Gasteiger partial charge on any atom is 0.277 e. The second-order valence-corrected chi connectivity index (χ2v) is 6.06. The van der Waals surface area contributed by atoms with Crippen LogP contribution in [-0.2, 0) is 4.79 Å². The molecule has 0 saturated carbocycles. The van der Waals surface area contributed by atoms with Gasteiger partial charge in [0.15, 0.2) is 6.61 Å². The smallest absolute Gasteiger partial charge is 0.277 e. The number of benzene rings is 3. The lowest BCUT2D eigenvalue weighted by atomic mass is 10.1. The van der Waals surface area contributed by atoms with Crippen LogP contribution in [0.2, 0.25) is 0 Å². The summed E-state index contributed by atoms with van der Waals surface area (Å²) in [7, 11) is 0. The first-order valence-corrected chi connectivity index (χ1v) is 8.19. The molecule has 0 unspecified atom stereocenters. The topological polar surface area (TPSA) is 50.7 Å². The molecule has 0 fully saturated rings. The zero-order valence-electron chi connectivity index (χ0n) is 12.8. The summed E-state index contributed by atoms with van der Waals surface area (Å²) >= 11 is 3.35. The lowest BCUT2D eigenvalue weighted by Gasteiger charge is -2.05. The molecule has 24 heavy (non-hydrogen) atoms. The fourth-order valence-electron chi connectivity index (χ4n) is 2.20. The predicted molar refractivity (Wildman–Crippen MR) is 99.3 cm³/mol. The predicted octanol–water partition coefficient (Wildman–Crippen LogP) is 4.13. The second kappa shape index (κ2) is 7.75. The molecule has 0 heterocycles. The van der Waals surface area contributed by atoms with Gasteiger partial charge in [0, 0.05) is 4.47 Å². The Morgan fingerprint density at radius 1 is 1.04 bits per heavy atom. The summed E-state index contributed by atoms with van der Waals surface area (Å²) in [6.45, 7) is -0.0918. The van der Waals surface area contributed by atoms with Crippen molar-refractivity contribution in [1.82, 2.24) is 5.43 Å². The van der Waals surface area contributed by atoms with Crippen LogP contribution in [0.15, 0.2) is 76.3 Å². The van der Waals surface area contributed by atoms with E-state index in [2.05, 4.69) is 32.5 Å². The minimum Gasteiger partial charge on any atom is -0.484 e. The fourth-order valence-corrected chi connectivity index (χ4v) is 2.58. The number of amides is 1. The molecule has 5 heteroatoms. The van der Waals surface area contributed by atoms with Gasteiger partial charge < -0.3 is 4.74 Å². The van der Waals surface area contributed by atoms with E-state index in [0.29, 0.717) is 5.75 Å². The molecule has 0 radical (unpaired) electrons. The van der Waals surface area contributed by atoms with Gasteiger partial charge in [0.05, 0.1) is 6.21 Å². The normalized spacial score (nSPS) is 10.9. The van der Waals surface area contributed by atoms with Gasteiger partial charge in [-0.1, -0.05) is 58.4 Å². The van der Waals surface area contributed by atoms with Crippen LogP contribution in [0.1, 0.15) is 5.56 Å². The quantitative estimate of drug-likeness (QED) is 0.532. The van der Waals surface area contributed by atoms with Crippen LogP contribution in [-0.4, -0.2) is 18.7 Å². The molecule has 4 nitrogen and oxygen atoms in total. The first-order valence-electron chi connectivity index (χ1n) is 7.40. The van der Waals surface area contributed by atoms with Crippen molar-refractivity contribution >= 4 is 38.8 Å². The van der Waals surface area contributed by atoms with Crippen LogP contribution >= 0.6 is 15.9 Å². The molecule has 0 spiro atoms. The van der Waals surface area contributed by atoms with Gasteiger partial charge in [-0.3, -0.25) is 4.79 Å². The Morgan fingerprint density at radius 2 is 1.88 bits per heavy atom. The van der Waals surface area contributed by atoms with Crippen LogP contribution in [0.5, 0.6) is 5.75 Å². The summed E-state index contributed by atoms with van der Waals surface area (Å²) in [5.74, 6) is 0.310. The lowest BCUT2D eigenvalue weighted by molar-refractivity contribution is -0.123. The summed E-state index contributed by atoms with van der Waals surface area (Å²) in [6, 6.07) is 21.4. The van der Waals surface area contributed by atoms with Crippen molar-refractivity contribution in [3.05, 3.63) is 76.8 Å². The molecule has 0 aliphatic carbocycles. The third-order valence-corrected chi connectivity index (χ3v) is 3.84. The zero-order chi connectivity index (χ0) is 16.8. The summed E-state index contributed by atoms with van der Waals surface area (Å²) in [5, 5.41) is 6.26. The molecule has 0 aromatic heterocycles. The van der Waals surface area contributed by atoms with Crippen LogP contribution in [0, 0.1) is 0 Å². The van der Waals surface area contributed by atoms with Gasteiger partial charge in [-0.15, -0.1) is 0 Å². The van der Waals surface area contributed by atoms with Crippen LogP contribution in [0.25, 0.3) is 10.8 Å². The third-order valence-electron chi connectivity index (χ3n) is 3.34. The molecule has 0 atom stereocenters. The Labute approximate surface area is 148 Å². The number of hydrazone groups is 1. The van der Waals surface area contributed by atoms with Crippen molar-refractivity contribution in [2.75, 3.05) is 6.61 Å². The van der Waals surface area contributed by atoms with Gasteiger partial charge in [-0.05, 0) is 40.6 Å². The number of nitrogens with zero attached hydrogens (tertiary/aromatic N) is 1. The van der Waals surface area contributed by atoms with Gasteiger partial charge in [0.2, 0.25) is 0 Å². The van der Waals surface area contributed by atoms with Gasteiger partial charge >= 0.3 is 0 Å². The first-order chi connectivity index (χ1) is 11.7. The number of halogens is 1. The van der Waals surface area contributed by atoms with E-state index in [4.69, 9.17) is 4.74 Å². The Balaban J connectivity index is 1.54. The first kappa shape index (κ1) is 16.2. The number of nitrogens with one attached hydrogen (secondary N) is 1. The van der Waals surface area contributed by atoms with Gasteiger partial charge in [0.1, 0.15) is 5.75 Å². The molecule has 3 aromatic rings. The number of fused-ring (bicyclic) bond motifs is 1. The maximum atomic E-state index is 11.7. The highest BCUT2D eigenvalue weighted by molar-refractivity contribution is 9.10. The molecule has 0 aliphatic heterocycles. The van der Waals surface area contributed by atoms with E-state index in [9.17, 15) is 4.79 Å². The van der Waals surface area contributed by atoms with Gasteiger partial charge in [-0.2, -0.15) is 5.10 Å². The van der Waals surface area contributed by atoms with E-state index < -0.39 is 0 Å². The van der Waals surface area contributed by atoms with E-state index in [-0.39, 0.29) is 12.5 Å². The summed E-state index contributed by atoms with van der Waals surface area (Å²) in [4.78, 5) is 11.7. The second-order valence-electron chi connectivity index (χ2n) is 5.15. The summed E-state index contributed by atoms with van der Waals surface area (Å²) < 4.78 is 6.29. The molecule has 0 bridgehead atoms. The Bertz CT molecular complexity index is 893. The number of ether oxygens (including phenoxy) is 1. The fraction of sp³-hybridized carbons (Fsp3) is 0.0526. The summed E-state index contributed by atoms with van der Waals surface area (Å²) in [6.07, 6.45) is 1.61. The van der Waals surface area contributed by atoms with E-state index in [1.807, 2.05) is 48.5 Å². The largest absolute Gasteiger partial charge is 0.484 e. The standard InChI is InChI=1S/C19H15BrN2O2/c20-17-6-3-7-18(11-17)24-13-19(23)22-21-12-14-8-9-15-4-1-2-5-16(15)10-14/h1-12H,13H2,(H,22,23). The Kier molecular flexibility index (Phi) is 5.23. The highest BCUT2D eigenvalue weighted by atomic mass is 79.9. The number of carbonyl (C=O) groups is 1. The SMILES string of the molecule is O=C(COc1cccc(Br)c1)NN=Cc1ccc2ccccc2c1. The van der Waals surface area contributed by atoms with E-state index in [1.54, 1.807) is 18.3 Å². The molecule has 1 N–H and O–H groups in total. The maximum absolute atomic E-state index is 11.7. The average Bonchev–Trinajstić information content (AvgIpc) is 2.60.